The predicted octanol–water partition coefficient (Wildman–Crippen LogP) is 5.27. The molecule has 0 radical (unpaired) electrons. The lowest BCUT2D eigenvalue weighted by Gasteiger charge is -2.35. The molecule has 1 fully saturated rings. The number of likely N-dealkylation sites (tertiary alicyclic amines) is 1. The molecule has 1 heterocycles. The number of aryl methyl sites for hydroxylation is 1. The molecule has 4 unspecified atom stereocenters. The van der Waals surface area contributed by atoms with E-state index in [-0.39, 0.29) is 30.6 Å². The molecule has 1 aliphatic heterocycles. The van der Waals surface area contributed by atoms with Gasteiger partial charge in [0, 0.05) is 18.4 Å². The molecule has 8 heteroatoms. The minimum atomic E-state index is -2.87. The second kappa shape index (κ2) is 17.8. The highest BCUT2D eigenvalue weighted by Crippen LogP contribution is 2.27. The second-order valence-electron chi connectivity index (χ2n) is 11.9. The average molecular weight is 584 g/mol. The SMILES string of the molecule is CC(CCCC(C)C(O)(O)C(=O)C(=O)N1CCCCC1C(=O)O)CC(C)C(=O)/C=C/C/C=C/CCCc1ccccc1. The molecule has 42 heavy (non-hydrogen) atoms. The van der Waals surface area contributed by atoms with Crippen LogP contribution in [0.4, 0.5) is 0 Å². The lowest BCUT2D eigenvalue weighted by molar-refractivity contribution is -0.205. The Labute approximate surface area is 250 Å². The van der Waals surface area contributed by atoms with Crippen LogP contribution in [0.15, 0.2) is 54.6 Å². The van der Waals surface area contributed by atoms with E-state index in [9.17, 15) is 34.5 Å². The number of carboxylic acid groups (broad SMARTS) is 1. The van der Waals surface area contributed by atoms with E-state index < -0.39 is 35.4 Å². The standard InChI is InChI=1S/C34H49NO7/c1-25(24-26(2)30(36)22-12-7-5-4-6-9-18-28-19-10-8-11-20-28)16-15-17-27(3)34(41,42)31(37)32(38)35-23-14-13-21-29(35)33(39)40/h4-5,8,10-12,19-20,22,25-27,29,41-42H,6-7,9,13-18,21,23-24H2,1-3H3,(H,39,40)/b5-4+,22-12+. The Bertz CT molecular complexity index is 1080. The molecule has 0 aromatic heterocycles. The summed E-state index contributed by atoms with van der Waals surface area (Å²) in [5, 5.41) is 30.4. The van der Waals surface area contributed by atoms with Crippen LogP contribution in [0.2, 0.25) is 0 Å². The van der Waals surface area contributed by atoms with E-state index in [1.807, 2.05) is 26.0 Å². The third kappa shape index (κ3) is 11.3. The molecule has 1 aromatic carbocycles. The Hall–Kier alpha value is -3.10. The summed E-state index contributed by atoms with van der Waals surface area (Å²) in [6, 6.07) is 9.28. The van der Waals surface area contributed by atoms with Crippen LogP contribution in [0.25, 0.3) is 0 Å². The summed E-state index contributed by atoms with van der Waals surface area (Å²) < 4.78 is 0. The number of amides is 1. The van der Waals surface area contributed by atoms with E-state index in [0.29, 0.717) is 32.1 Å². The number of unbranched alkanes of at least 4 members (excludes halogenated alkanes) is 1. The number of nitrogens with zero attached hydrogens (tertiary/aromatic N) is 1. The maximum atomic E-state index is 12.7. The molecule has 1 aliphatic rings. The van der Waals surface area contributed by atoms with Crippen molar-refractivity contribution >= 4 is 23.4 Å². The van der Waals surface area contributed by atoms with Crippen LogP contribution in [-0.4, -0.2) is 62.0 Å². The number of aliphatic carboxylic acids is 1. The molecular formula is C34H49NO7. The highest BCUT2D eigenvalue weighted by atomic mass is 16.5. The smallest absolute Gasteiger partial charge is 0.326 e. The largest absolute Gasteiger partial charge is 0.480 e. The summed E-state index contributed by atoms with van der Waals surface area (Å²) in [5.74, 6) is -7.38. The topological polar surface area (TPSA) is 132 Å². The van der Waals surface area contributed by atoms with Crippen molar-refractivity contribution in [2.75, 3.05) is 6.54 Å². The Balaban J connectivity index is 1.68. The average Bonchev–Trinajstić information content (AvgIpc) is 2.97. The van der Waals surface area contributed by atoms with Crippen LogP contribution in [0, 0.1) is 17.8 Å². The number of hydrogen-bond donors (Lipinski definition) is 3. The number of piperidine rings is 1. The number of carboxylic acids is 1. The van der Waals surface area contributed by atoms with E-state index >= 15 is 0 Å². The molecule has 1 saturated heterocycles. The van der Waals surface area contributed by atoms with Gasteiger partial charge in [-0.05, 0) is 75.3 Å². The van der Waals surface area contributed by atoms with Crippen molar-refractivity contribution in [2.24, 2.45) is 17.8 Å². The zero-order valence-corrected chi connectivity index (χ0v) is 25.4. The first-order valence-electron chi connectivity index (χ1n) is 15.4. The molecule has 0 aliphatic carbocycles. The van der Waals surface area contributed by atoms with Gasteiger partial charge < -0.3 is 20.2 Å². The molecule has 0 spiro atoms. The van der Waals surface area contributed by atoms with Gasteiger partial charge in [-0.2, -0.15) is 0 Å². The fourth-order valence-corrected chi connectivity index (χ4v) is 5.46. The van der Waals surface area contributed by atoms with Crippen molar-refractivity contribution in [1.82, 2.24) is 4.90 Å². The first-order chi connectivity index (χ1) is 19.9. The van der Waals surface area contributed by atoms with Crippen molar-refractivity contribution in [3.8, 4) is 0 Å². The van der Waals surface area contributed by atoms with E-state index in [1.54, 1.807) is 6.08 Å². The Morgan fingerprint density at radius 1 is 0.976 bits per heavy atom. The zero-order chi connectivity index (χ0) is 31.1. The van der Waals surface area contributed by atoms with Crippen LogP contribution < -0.4 is 0 Å². The Morgan fingerprint density at radius 3 is 2.38 bits per heavy atom. The molecule has 4 atom stereocenters. The van der Waals surface area contributed by atoms with Gasteiger partial charge >= 0.3 is 5.97 Å². The molecule has 8 nitrogen and oxygen atoms in total. The molecule has 1 amide bonds. The van der Waals surface area contributed by atoms with Crippen molar-refractivity contribution < 1.29 is 34.5 Å². The number of ketones is 2. The maximum Gasteiger partial charge on any atom is 0.326 e. The van der Waals surface area contributed by atoms with Gasteiger partial charge in [-0.25, -0.2) is 4.79 Å². The molecule has 3 N–H and O–H groups in total. The molecule has 2 rings (SSSR count). The van der Waals surface area contributed by atoms with Crippen LogP contribution >= 0.6 is 0 Å². The van der Waals surface area contributed by atoms with E-state index in [0.717, 1.165) is 37.0 Å². The van der Waals surface area contributed by atoms with Gasteiger partial charge in [0.05, 0.1) is 0 Å². The van der Waals surface area contributed by atoms with Crippen molar-refractivity contribution in [3.05, 3.63) is 60.2 Å². The van der Waals surface area contributed by atoms with Crippen LogP contribution in [0.3, 0.4) is 0 Å². The van der Waals surface area contributed by atoms with Gasteiger partial charge in [-0.3, -0.25) is 14.4 Å². The summed E-state index contributed by atoms with van der Waals surface area (Å²) in [5.41, 5.74) is 1.34. The minimum absolute atomic E-state index is 0.0823. The molecule has 0 saturated carbocycles. The van der Waals surface area contributed by atoms with Gasteiger partial charge in [0.1, 0.15) is 6.04 Å². The summed E-state index contributed by atoms with van der Waals surface area (Å²) in [6.45, 7) is 5.54. The highest BCUT2D eigenvalue weighted by Gasteiger charge is 2.46. The van der Waals surface area contributed by atoms with Gasteiger partial charge in [-0.15, -0.1) is 0 Å². The third-order valence-corrected chi connectivity index (χ3v) is 8.24. The van der Waals surface area contributed by atoms with Gasteiger partial charge in [0.15, 0.2) is 5.78 Å². The summed E-state index contributed by atoms with van der Waals surface area (Å²) in [4.78, 5) is 50.3. The number of aliphatic hydroxyl groups is 2. The summed E-state index contributed by atoms with van der Waals surface area (Å²) >= 11 is 0. The first-order valence-corrected chi connectivity index (χ1v) is 15.4. The number of benzene rings is 1. The Morgan fingerprint density at radius 2 is 1.69 bits per heavy atom. The number of carbonyl (C=O) groups excluding carboxylic acids is 3. The van der Waals surface area contributed by atoms with Gasteiger partial charge in [-0.1, -0.05) is 82.2 Å². The van der Waals surface area contributed by atoms with Crippen LogP contribution in [-0.2, 0) is 25.6 Å². The van der Waals surface area contributed by atoms with E-state index in [1.165, 1.54) is 12.5 Å². The molecular weight excluding hydrogens is 534 g/mol. The van der Waals surface area contributed by atoms with Crippen molar-refractivity contribution in [2.45, 2.75) is 103 Å². The zero-order valence-electron chi connectivity index (χ0n) is 25.4. The van der Waals surface area contributed by atoms with E-state index in [2.05, 4.69) is 36.4 Å². The first kappa shape index (κ1) is 35.1. The molecule has 0 bridgehead atoms. The highest BCUT2D eigenvalue weighted by molar-refractivity contribution is 6.39. The maximum absolute atomic E-state index is 12.7. The van der Waals surface area contributed by atoms with Crippen molar-refractivity contribution in [1.29, 1.82) is 0 Å². The van der Waals surface area contributed by atoms with Gasteiger partial charge in [0.2, 0.25) is 5.79 Å². The molecule has 1 aromatic rings. The fraction of sp³-hybridized carbons (Fsp3) is 0.588. The summed E-state index contributed by atoms with van der Waals surface area (Å²) in [7, 11) is 0. The van der Waals surface area contributed by atoms with Crippen molar-refractivity contribution in [3.63, 3.8) is 0 Å². The Kier molecular flexibility index (Phi) is 14.8. The minimum Gasteiger partial charge on any atom is -0.480 e. The number of rotatable bonds is 18. The number of carbonyl (C=O) groups is 4. The number of hydrogen-bond acceptors (Lipinski definition) is 6. The molecule has 232 valence electrons. The lowest BCUT2D eigenvalue weighted by atomic mass is 9.86. The second-order valence-corrected chi connectivity index (χ2v) is 11.9. The monoisotopic (exact) mass is 583 g/mol. The van der Waals surface area contributed by atoms with Crippen LogP contribution in [0.5, 0.6) is 0 Å². The van der Waals surface area contributed by atoms with E-state index in [4.69, 9.17) is 0 Å². The lowest BCUT2D eigenvalue weighted by Crippen LogP contribution is -2.57. The fourth-order valence-electron chi connectivity index (χ4n) is 5.46. The quantitative estimate of drug-likeness (QED) is 0.0706. The van der Waals surface area contributed by atoms with Gasteiger partial charge in [0.25, 0.3) is 11.7 Å². The number of allylic oxidation sites excluding steroid dienone is 4. The van der Waals surface area contributed by atoms with Crippen LogP contribution in [0.1, 0.15) is 90.5 Å². The summed E-state index contributed by atoms with van der Waals surface area (Å²) in [6.07, 6.45) is 15.4. The predicted molar refractivity (Wildman–Crippen MR) is 162 cm³/mol. The number of Topliss-reactive ketones (excluding diaryl/α,β-unsaturated/α-hetero) is 1. The third-order valence-electron chi connectivity index (χ3n) is 8.24. The normalized spacial score (nSPS) is 18.2.